The van der Waals surface area contributed by atoms with E-state index < -0.39 is 0 Å². The van der Waals surface area contributed by atoms with Gasteiger partial charge in [-0.05, 0) is 43.5 Å². The molecule has 0 spiro atoms. The van der Waals surface area contributed by atoms with Crippen molar-refractivity contribution < 1.29 is 4.42 Å². The molecule has 0 bridgehead atoms. The molecule has 0 saturated carbocycles. The molecule has 0 atom stereocenters. The normalized spacial score (nSPS) is 14.9. The first kappa shape index (κ1) is 13.3. The lowest BCUT2D eigenvalue weighted by Gasteiger charge is -2.21. The second-order valence-electron chi connectivity index (χ2n) is 5.44. The summed E-state index contributed by atoms with van der Waals surface area (Å²) in [5.41, 5.74) is 2.76. The maximum Gasteiger partial charge on any atom is 0.117 e. The summed E-state index contributed by atoms with van der Waals surface area (Å²) in [6, 6.07) is 12.7. The van der Waals surface area contributed by atoms with E-state index in [1.807, 2.05) is 19.1 Å². The molecular formula is C17H22N2O. The number of benzene rings is 1. The highest BCUT2D eigenvalue weighted by Crippen LogP contribution is 2.24. The summed E-state index contributed by atoms with van der Waals surface area (Å²) in [7, 11) is 0. The van der Waals surface area contributed by atoms with Crippen molar-refractivity contribution in [2.24, 2.45) is 0 Å². The molecule has 1 fully saturated rings. The molecule has 2 heterocycles. The van der Waals surface area contributed by atoms with Crippen LogP contribution in [0.2, 0.25) is 0 Å². The van der Waals surface area contributed by atoms with Crippen molar-refractivity contribution in [3.8, 4) is 0 Å². The quantitative estimate of drug-likeness (QED) is 0.901. The second-order valence-corrected chi connectivity index (χ2v) is 5.44. The van der Waals surface area contributed by atoms with Crippen LogP contribution in [0.25, 0.3) is 0 Å². The predicted octanol–water partition coefficient (Wildman–Crippen LogP) is 3.48. The van der Waals surface area contributed by atoms with Crippen LogP contribution in [-0.2, 0) is 13.1 Å². The molecule has 1 N–H and O–H groups in total. The first-order valence-corrected chi connectivity index (χ1v) is 7.42. The van der Waals surface area contributed by atoms with Crippen molar-refractivity contribution in [3.05, 3.63) is 53.5 Å². The highest BCUT2D eigenvalue weighted by molar-refractivity contribution is 5.54. The average molecular weight is 270 g/mol. The van der Waals surface area contributed by atoms with E-state index in [1.54, 1.807) is 0 Å². The zero-order valence-electron chi connectivity index (χ0n) is 12.1. The summed E-state index contributed by atoms with van der Waals surface area (Å²) >= 11 is 0. The van der Waals surface area contributed by atoms with Gasteiger partial charge in [0.15, 0.2) is 0 Å². The third-order valence-electron chi connectivity index (χ3n) is 3.85. The van der Waals surface area contributed by atoms with Crippen LogP contribution in [0, 0.1) is 6.92 Å². The van der Waals surface area contributed by atoms with Gasteiger partial charge in [-0.1, -0.05) is 18.2 Å². The van der Waals surface area contributed by atoms with Gasteiger partial charge < -0.3 is 14.6 Å². The molecule has 20 heavy (non-hydrogen) atoms. The summed E-state index contributed by atoms with van der Waals surface area (Å²) in [5, 5.41) is 3.47. The van der Waals surface area contributed by atoms with E-state index in [-0.39, 0.29) is 0 Å². The Bertz CT molecular complexity index is 556. The largest absolute Gasteiger partial charge is 0.465 e. The Morgan fingerprint density at radius 1 is 1.05 bits per heavy atom. The van der Waals surface area contributed by atoms with Gasteiger partial charge in [0.1, 0.15) is 11.5 Å². The van der Waals surface area contributed by atoms with E-state index in [4.69, 9.17) is 4.42 Å². The number of furan rings is 1. The molecule has 1 saturated heterocycles. The van der Waals surface area contributed by atoms with E-state index in [1.165, 1.54) is 37.2 Å². The van der Waals surface area contributed by atoms with Crippen LogP contribution in [-0.4, -0.2) is 13.1 Å². The molecule has 106 valence electrons. The molecule has 0 aliphatic carbocycles. The van der Waals surface area contributed by atoms with Crippen LogP contribution in [0.3, 0.4) is 0 Å². The van der Waals surface area contributed by atoms with Gasteiger partial charge >= 0.3 is 0 Å². The Hall–Kier alpha value is -1.74. The van der Waals surface area contributed by atoms with E-state index in [0.29, 0.717) is 0 Å². The number of nitrogens with one attached hydrogen (secondary N) is 1. The molecule has 1 aliphatic heterocycles. The Labute approximate surface area is 120 Å². The minimum atomic E-state index is 0.780. The monoisotopic (exact) mass is 270 g/mol. The summed E-state index contributed by atoms with van der Waals surface area (Å²) < 4.78 is 5.58. The van der Waals surface area contributed by atoms with Crippen LogP contribution in [0.15, 0.2) is 40.8 Å². The third-order valence-corrected chi connectivity index (χ3v) is 3.85. The molecule has 0 amide bonds. The number of anilines is 1. The highest BCUT2D eigenvalue weighted by atomic mass is 16.3. The molecule has 0 unspecified atom stereocenters. The first-order chi connectivity index (χ1) is 9.83. The molecule has 0 radical (unpaired) electrons. The standard InChI is InChI=1S/C17H22N2O/c1-14-8-9-16(20-14)13-18-12-15-6-2-3-7-17(15)19-10-4-5-11-19/h2-3,6-9,18H,4-5,10-13H2,1H3. The van der Waals surface area contributed by atoms with E-state index in [9.17, 15) is 0 Å². The molecule has 3 heteroatoms. The Morgan fingerprint density at radius 3 is 2.60 bits per heavy atom. The number of hydrogen-bond donors (Lipinski definition) is 1. The molecule has 1 aliphatic rings. The lowest BCUT2D eigenvalue weighted by Crippen LogP contribution is -2.21. The molecule has 1 aromatic heterocycles. The molecule has 2 aromatic rings. The van der Waals surface area contributed by atoms with Gasteiger partial charge in [0, 0.05) is 25.3 Å². The number of para-hydroxylation sites is 1. The second kappa shape index (κ2) is 6.14. The topological polar surface area (TPSA) is 28.4 Å². The van der Waals surface area contributed by atoms with Crippen molar-refractivity contribution in [1.29, 1.82) is 0 Å². The van der Waals surface area contributed by atoms with Gasteiger partial charge in [-0.15, -0.1) is 0 Å². The summed E-state index contributed by atoms with van der Waals surface area (Å²) in [6.45, 7) is 6.02. The fourth-order valence-corrected chi connectivity index (χ4v) is 2.83. The number of rotatable bonds is 5. The minimum Gasteiger partial charge on any atom is -0.465 e. The Morgan fingerprint density at radius 2 is 1.85 bits per heavy atom. The number of aryl methyl sites for hydroxylation is 1. The fourth-order valence-electron chi connectivity index (χ4n) is 2.83. The zero-order valence-corrected chi connectivity index (χ0v) is 12.1. The van der Waals surface area contributed by atoms with E-state index in [2.05, 4.69) is 34.5 Å². The first-order valence-electron chi connectivity index (χ1n) is 7.42. The van der Waals surface area contributed by atoms with Crippen molar-refractivity contribution in [2.75, 3.05) is 18.0 Å². The lowest BCUT2D eigenvalue weighted by atomic mass is 10.1. The fraction of sp³-hybridized carbons (Fsp3) is 0.412. The Balaban J connectivity index is 1.62. The SMILES string of the molecule is Cc1ccc(CNCc2ccccc2N2CCCC2)o1. The predicted molar refractivity (Wildman–Crippen MR) is 81.9 cm³/mol. The zero-order chi connectivity index (χ0) is 13.8. The van der Waals surface area contributed by atoms with Crippen molar-refractivity contribution in [2.45, 2.75) is 32.9 Å². The molecule has 3 rings (SSSR count). The lowest BCUT2D eigenvalue weighted by molar-refractivity contribution is 0.461. The van der Waals surface area contributed by atoms with E-state index in [0.717, 1.165) is 24.6 Å². The molecule has 3 nitrogen and oxygen atoms in total. The molecular weight excluding hydrogens is 248 g/mol. The Kier molecular flexibility index (Phi) is 4.07. The summed E-state index contributed by atoms with van der Waals surface area (Å²) in [6.07, 6.45) is 2.63. The van der Waals surface area contributed by atoms with Crippen LogP contribution >= 0.6 is 0 Å². The van der Waals surface area contributed by atoms with Crippen LogP contribution in [0.4, 0.5) is 5.69 Å². The van der Waals surface area contributed by atoms with Gasteiger partial charge in [0.25, 0.3) is 0 Å². The number of nitrogens with zero attached hydrogens (tertiary/aromatic N) is 1. The van der Waals surface area contributed by atoms with Crippen LogP contribution < -0.4 is 10.2 Å². The van der Waals surface area contributed by atoms with Crippen molar-refractivity contribution in [1.82, 2.24) is 5.32 Å². The number of hydrogen-bond acceptors (Lipinski definition) is 3. The third kappa shape index (κ3) is 3.05. The van der Waals surface area contributed by atoms with Gasteiger partial charge in [-0.2, -0.15) is 0 Å². The van der Waals surface area contributed by atoms with Crippen molar-refractivity contribution >= 4 is 5.69 Å². The van der Waals surface area contributed by atoms with Gasteiger partial charge in [0.05, 0.1) is 6.54 Å². The summed E-state index contributed by atoms with van der Waals surface area (Å²) in [5.74, 6) is 1.97. The minimum absolute atomic E-state index is 0.780. The smallest absolute Gasteiger partial charge is 0.117 e. The maximum absolute atomic E-state index is 5.58. The van der Waals surface area contributed by atoms with Gasteiger partial charge in [-0.3, -0.25) is 0 Å². The van der Waals surface area contributed by atoms with Crippen LogP contribution in [0.5, 0.6) is 0 Å². The van der Waals surface area contributed by atoms with E-state index >= 15 is 0 Å². The van der Waals surface area contributed by atoms with Crippen LogP contribution in [0.1, 0.15) is 29.9 Å². The van der Waals surface area contributed by atoms with Gasteiger partial charge in [-0.25, -0.2) is 0 Å². The maximum atomic E-state index is 5.58. The average Bonchev–Trinajstić information content (AvgIpc) is 3.11. The summed E-state index contributed by atoms with van der Waals surface area (Å²) in [4.78, 5) is 2.49. The van der Waals surface area contributed by atoms with Gasteiger partial charge in [0.2, 0.25) is 0 Å². The highest BCUT2D eigenvalue weighted by Gasteiger charge is 2.14. The molecule has 1 aromatic carbocycles. The van der Waals surface area contributed by atoms with Crippen molar-refractivity contribution in [3.63, 3.8) is 0 Å².